The van der Waals surface area contributed by atoms with Gasteiger partial charge in [0.25, 0.3) is 0 Å². The molecule has 0 bridgehead atoms. The highest BCUT2D eigenvalue weighted by molar-refractivity contribution is 5.80. The molecule has 1 heterocycles. The third kappa shape index (κ3) is 3.78. The number of alkyl halides is 3. The highest BCUT2D eigenvalue weighted by atomic mass is 19.4. The lowest BCUT2D eigenvalue weighted by atomic mass is 9.97. The molecule has 1 fully saturated rings. The Morgan fingerprint density at radius 3 is 2.59 bits per heavy atom. The van der Waals surface area contributed by atoms with E-state index in [1.807, 2.05) is 0 Å². The molecule has 0 radical (unpaired) electrons. The van der Waals surface area contributed by atoms with Crippen LogP contribution in [0.5, 0.6) is 0 Å². The summed E-state index contributed by atoms with van der Waals surface area (Å²) in [5, 5.41) is 8.99. The van der Waals surface area contributed by atoms with Gasteiger partial charge < -0.3 is 10.0 Å². The Labute approximate surface area is 125 Å². The number of likely N-dealkylation sites (tertiary alicyclic amines) is 1. The van der Waals surface area contributed by atoms with Gasteiger partial charge in [0.05, 0.1) is 17.9 Å². The monoisotopic (exact) mass is 315 g/mol. The molecule has 0 aliphatic carbocycles. The van der Waals surface area contributed by atoms with Gasteiger partial charge in [-0.1, -0.05) is 18.2 Å². The van der Waals surface area contributed by atoms with Crippen molar-refractivity contribution >= 4 is 11.9 Å². The average molecular weight is 315 g/mol. The van der Waals surface area contributed by atoms with Gasteiger partial charge in [0, 0.05) is 13.1 Å². The summed E-state index contributed by atoms with van der Waals surface area (Å²) < 4.78 is 38.7. The lowest BCUT2D eigenvalue weighted by Crippen LogP contribution is -2.43. The SMILES string of the molecule is O=C(O)[C@H]1CCCN(C(=O)Cc2ccccc2C(F)(F)F)C1. The molecule has 120 valence electrons. The van der Waals surface area contributed by atoms with Crippen molar-refractivity contribution in [2.75, 3.05) is 13.1 Å². The lowest BCUT2D eigenvalue weighted by molar-refractivity contribution is -0.145. The van der Waals surface area contributed by atoms with Crippen LogP contribution in [0.15, 0.2) is 24.3 Å². The van der Waals surface area contributed by atoms with Gasteiger partial charge in [-0.2, -0.15) is 13.2 Å². The third-order valence-electron chi connectivity index (χ3n) is 3.79. The van der Waals surface area contributed by atoms with Gasteiger partial charge in [-0.25, -0.2) is 0 Å². The van der Waals surface area contributed by atoms with Gasteiger partial charge in [-0.15, -0.1) is 0 Å². The molecule has 2 rings (SSSR count). The standard InChI is InChI=1S/C15H16F3NO3/c16-15(17,18)12-6-2-1-4-10(12)8-13(20)19-7-3-5-11(9-19)14(21)22/h1-2,4,6,11H,3,5,7-9H2,(H,21,22)/t11-/m0/s1. The molecule has 0 aromatic heterocycles. The number of nitrogens with zero attached hydrogens (tertiary/aromatic N) is 1. The number of carboxylic acid groups (broad SMARTS) is 1. The molecule has 0 saturated carbocycles. The van der Waals surface area contributed by atoms with E-state index < -0.39 is 29.5 Å². The van der Waals surface area contributed by atoms with Gasteiger partial charge >= 0.3 is 12.1 Å². The number of carboxylic acids is 1. The second-order valence-corrected chi connectivity index (χ2v) is 5.35. The van der Waals surface area contributed by atoms with E-state index in [1.54, 1.807) is 0 Å². The Kier molecular flexibility index (Phi) is 4.73. The van der Waals surface area contributed by atoms with Crippen LogP contribution in [0.2, 0.25) is 0 Å². The Morgan fingerprint density at radius 1 is 1.27 bits per heavy atom. The normalized spacial score (nSPS) is 19.0. The van der Waals surface area contributed by atoms with Crippen molar-refractivity contribution < 1.29 is 27.9 Å². The highest BCUT2D eigenvalue weighted by Crippen LogP contribution is 2.32. The molecule has 22 heavy (non-hydrogen) atoms. The van der Waals surface area contributed by atoms with Crippen LogP contribution in [0.4, 0.5) is 13.2 Å². The van der Waals surface area contributed by atoms with E-state index in [2.05, 4.69) is 0 Å². The highest BCUT2D eigenvalue weighted by Gasteiger charge is 2.34. The summed E-state index contributed by atoms with van der Waals surface area (Å²) in [4.78, 5) is 24.5. The number of benzene rings is 1. The average Bonchev–Trinajstić information content (AvgIpc) is 2.46. The first-order chi connectivity index (χ1) is 10.3. The molecule has 1 aromatic carbocycles. The summed E-state index contributed by atoms with van der Waals surface area (Å²) in [6, 6.07) is 4.95. The quantitative estimate of drug-likeness (QED) is 0.932. The molecule has 7 heteroatoms. The predicted octanol–water partition coefficient (Wildman–Crippen LogP) is 2.57. The van der Waals surface area contributed by atoms with Crippen molar-refractivity contribution in [3.8, 4) is 0 Å². The van der Waals surface area contributed by atoms with Crippen molar-refractivity contribution in [2.24, 2.45) is 5.92 Å². The number of amides is 1. The zero-order valence-corrected chi connectivity index (χ0v) is 11.8. The minimum Gasteiger partial charge on any atom is -0.481 e. The number of halogens is 3. The van der Waals surface area contributed by atoms with Crippen molar-refractivity contribution in [3.63, 3.8) is 0 Å². The fraction of sp³-hybridized carbons (Fsp3) is 0.467. The molecule has 4 nitrogen and oxygen atoms in total. The molecule has 0 spiro atoms. The number of piperidine rings is 1. The van der Waals surface area contributed by atoms with Crippen LogP contribution in [0.1, 0.15) is 24.0 Å². The Bertz CT molecular complexity index is 571. The van der Waals surface area contributed by atoms with Crippen LogP contribution in [-0.2, 0) is 22.2 Å². The maximum atomic E-state index is 12.9. The molecule has 1 amide bonds. The smallest absolute Gasteiger partial charge is 0.416 e. The maximum Gasteiger partial charge on any atom is 0.416 e. The summed E-state index contributed by atoms with van der Waals surface area (Å²) in [5.41, 5.74) is -0.910. The number of hydrogen-bond acceptors (Lipinski definition) is 2. The predicted molar refractivity (Wildman–Crippen MR) is 72.1 cm³/mol. The number of aliphatic carboxylic acids is 1. The van der Waals surface area contributed by atoms with E-state index >= 15 is 0 Å². The molecule has 0 unspecified atom stereocenters. The van der Waals surface area contributed by atoms with Crippen molar-refractivity contribution in [3.05, 3.63) is 35.4 Å². The number of rotatable bonds is 3. The van der Waals surface area contributed by atoms with E-state index in [0.29, 0.717) is 19.4 Å². The van der Waals surface area contributed by atoms with Crippen LogP contribution in [0.25, 0.3) is 0 Å². The third-order valence-corrected chi connectivity index (χ3v) is 3.79. The fourth-order valence-electron chi connectivity index (χ4n) is 2.63. The molecule has 1 aromatic rings. The van der Waals surface area contributed by atoms with Crippen LogP contribution in [0.3, 0.4) is 0 Å². The van der Waals surface area contributed by atoms with Crippen LogP contribution < -0.4 is 0 Å². The minimum absolute atomic E-state index is 0.0579. The molecular formula is C15H16F3NO3. The van der Waals surface area contributed by atoms with Crippen LogP contribution >= 0.6 is 0 Å². The van der Waals surface area contributed by atoms with Crippen LogP contribution in [0, 0.1) is 5.92 Å². The van der Waals surface area contributed by atoms with Crippen LogP contribution in [-0.4, -0.2) is 35.0 Å². The van der Waals surface area contributed by atoms with E-state index in [0.717, 1.165) is 6.07 Å². The maximum absolute atomic E-state index is 12.9. The van der Waals surface area contributed by atoms with Gasteiger partial charge in [0.1, 0.15) is 0 Å². The Hall–Kier alpha value is -2.05. The van der Waals surface area contributed by atoms with Gasteiger partial charge in [-0.3, -0.25) is 9.59 Å². The van der Waals surface area contributed by atoms with Gasteiger partial charge in [0.15, 0.2) is 0 Å². The van der Waals surface area contributed by atoms with Gasteiger partial charge in [0.2, 0.25) is 5.91 Å². The van der Waals surface area contributed by atoms with Crippen molar-refractivity contribution in [1.29, 1.82) is 0 Å². The zero-order valence-electron chi connectivity index (χ0n) is 11.8. The molecule has 1 saturated heterocycles. The second-order valence-electron chi connectivity index (χ2n) is 5.35. The summed E-state index contributed by atoms with van der Waals surface area (Å²) in [6.07, 6.45) is -3.85. The lowest BCUT2D eigenvalue weighted by Gasteiger charge is -2.31. The Balaban J connectivity index is 2.11. The zero-order chi connectivity index (χ0) is 16.3. The van der Waals surface area contributed by atoms with Crippen molar-refractivity contribution in [1.82, 2.24) is 4.90 Å². The molecular weight excluding hydrogens is 299 g/mol. The van der Waals surface area contributed by atoms with E-state index in [-0.39, 0.29) is 18.5 Å². The topological polar surface area (TPSA) is 57.6 Å². The summed E-state index contributed by atoms with van der Waals surface area (Å²) >= 11 is 0. The van der Waals surface area contributed by atoms with E-state index in [9.17, 15) is 22.8 Å². The largest absolute Gasteiger partial charge is 0.481 e. The first-order valence-corrected chi connectivity index (χ1v) is 6.94. The van der Waals surface area contributed by atoms with E-state index in [1.165, 1.54) is 23.1 Å². The van der Waals surface area contributed by atoms with Gasteiger partial charge in [-0.05, 0) is 24.5 Å². The molecule has 1 aliphatic heterocycles. The number of carbonyl (C=O) groups excluding carboxylic acids is 1. The second kappa shape index (κ2) is 6.37. The van der Waals surface area contributed by atoms with E-state index in [4.69, 9.17) is 5.11 Å². The number of hydrogen-bond donors (Lipinski definition) is 1. The Morgan fingerprint density at radius 2 is 1.95 bits per heavy atom. The fourth-order valence-corrected chi connectivity index (χ4v) is 2.63. The summed E-state index contributed by atoms with van der Waals surface area (Å²) in [7, 11) is 0. The first-order valence-electron chi connectivity index (χ1n) is 6.94. The summed E-state index contributed by atoms with van der Waals surface area (Å²) in [6.45, 7) is 0.444. The first kappa shape index (κ1) is 16.3. The molecule has 1 atom stereocenters. The summed E-state index contributed by atoms with van der Waals surface area (Å²) in [5.74, 6) is -2.09. The molecule has 1 aliphatic rings. The minimum atomic E-state index is -4.51. The van der Waals surface area contributed by atoms with Crippen molar-refractivity contribution in [2.45, 2.75) is 25.4 Å². The number of carbonyl (C=O) groups is 2. The molecule has 1 N–H and O–H groups in total.